The van der Waals surface area contributed by atoms with Crippen molar-refractivity contribution in [3.63, 3.8) is 0 Å². The van der Waals surface area contributed by atoms with E-state index in [9.17, 15) is 4.79 Å². The van der Waals surface area contributed by atoms with E-state index in [4.69, 9.17) is 0 Å². The summed E-state index contributed by atoms with van der Waals surface area (Å²) in [7, 11) is 0. The first-order chi connectivity index (χ1) is 9.34. The lowest BCUT2D eigenvalue weighted by Gasteiger charge is -2.24. The Kier molecular flexibility index (Phi) is 3.60. The second-order valence-corrected chi connectivity index (χ2v) is 5.65. The van der Waals surface area contributed by atoms with E-state index in [2.05, 4.69) is 21.7 Å². The fourth-order valence-corrected chi connectivity index (χ4v) is 2.88. The van der Waals surface area contributed by atoms with Gasteiger partial charge in [0.2, 0.25) is 5.91 Å². The molecule has 4 heteroatoms. The third-order valence-electron chi connectivity index (χ3n) is 3.61. The first-order valence-electron chi connectivity index (χ1n) is 6.59. The number of hydrogen-bond acceptors (Lipinski definition) is 3. The minimum atomic E-state index is 0.186. The van der Waals surface area contributed by atoms with Crippen molar-refractivity contribution in [2.75, 3.05) is 0 Å². The molecular weight excluding hydrogens is 256 g/mol. The number of amides is 1. The van der Waals surface area contributed by atoms with Gasteiger partial charge in [-0.1, -0.05) is 12.5 Å². The molecule has 3 nitrogen and oxygen atoms in total. The number of aromatic nitrogens is 1. The minimum Gasteiger partial charge on any atom is -0.352 e. The van der Waals surface area contributed by atoms with E-state index in [0.717, 1.165) is 29.7 Å². The molecule has 0 unspecified atom stereocenters. The van der Waals surface area contributed by atoms with Gasteiger partial charge in [-0.05, 0) is 35.9 Å². The lowest BCUT2D eigenvalue weighted by Crippen LogP contribution is -2.34. The van der Waals surface area contributed by atoms with Crippen molar-refractivity contribution in [1.29, 1.82) is 0 Å². The highest BCUT2D eigenvalue weighted by Gasteiger charge is 2.24. The Bertz CT molecular complexity index is 561. The molecule has 0 bridgehead atoms. The summed E-state index contributed by atoms with van der Waals surface area (Å²) in [6.45, 7) is 0.564. The predicted molar refractivity (Wildman–Crippen MR) is 76.7 cm³/mol. The van der Waals surface area contributed by atoms with Crippen LogP contribution < -0.4 is 5.32 Å². The van der Waals surface area contributed by atoms with Gasteiger partial charge in [0.15, 0.2) is 0 Å². The summed E-state index contributed by atoms with van der Waals surface area (Å²) in [6, 6.07) is 6.01. The van der Waals surface area contributed by atoms with Crippen molar-refractivity contribution in [3.05, 3.63) is 40.7 Å². The van der Waals surface area contributed by atoms with Crippen LogP contribution in [0.2, 0.25) is 0 Å². The molecule has 1 N–H and O–H groups in total. The largest absolute Gasteiger partial charge is 0.352 e. The van der Waals surface area contributed by atoms with Gasteiger partial charge in [-0.25, -0.2) is 0 Å². The van der Waals surface area contributed by atoms with Crippen molar-refractivity contribution >= 4 is 17.2 Å². The Labute approximate surface area is 116 Å². The quantitative estimate of drug-likeness (QED) is 0.928. The SMILES string of the molecule is O=C(NCc1cccnc1-c1ccsc1)C1CCC1. The summed E-state index contributed by atoms with van der Waals surface area (Å²) in [4.78, 5) is 16.3. The fourth-order valence-electron chi connectivity index (χ4n) is 2.24. The third kappa shape index (κ3) is 2.68. The van der Waals surface area contributed by atoms with Gasteiger partial charge < -0.3 is 5.32 Å². The van der Waals surface area contributed by atoms with E-state index >= 15 is 0 Å². The number of carbonyl (C=O) groups is 1. The highest BCUT2D eigenvalue weighted by atomic mass is 32.1. The Balaban J connectivity index is 1.72. The van der Waals surface area contributed by atoms with Crippen LogP contribution in [0.1, 0.15) is 24.8 Å². The molecule has 2 aromatic rings. The molecule has 19 heavy (non-hydrogen) atoms. The predicted octanol–water partition coefficient (Wildman–Crippen LogP) is 3.23. The number of nitrogens with one attached hydrogen (secondary N) is 1. The maximum absolute atomic E-state index is 11.9. The van der Waals surface area contributed by atoms with Crippen LogP contribution in [0, 0.1) is 5.92 Å². The van der Waals surface area contributed by atoms with Crippen molar-refractivity contribution in [3.8, 4) is 11.3 Å². The molecule has 2 aromatic heterocycles. The monoisotopic (exact) mass is 272 g/mol. The topological polar surface area (TPSA) is 42.0 Å². The third-order valence-corrected chi connectivity index (χ3v) is 4.30. The van der Waals surface area contributed by atoms with Gasteiger partial charge in [-0.15, -0.1) is 0 Å². The molecular formula is C15H16N2OS. The first-order valence-corrected chi connectivity index (χ1v) is 7.53. The second-order valence-electron chi connectivity index (χ2n) is 4.87. The molecule has 0 aliphatic heterocycles. The van der Waals surface area contributed by atoms with Gasteiger partial charge in [0.25, 0.3) is 0 Å². The van der Waals surface area contributed by atoms with Crippen molar-refractivity contribution in [1.82, 2.24) is 10.3 Å². The number of pyridine rings is 1. The van der Waals surface area contributed by atoms with Crippen molar-refractivity contribution in [2.24, 2.45) is 5.92 Å². The molecule has 2 heterocycles. The van der Waals surface area contributed by atoms with E-state index in [1.165, 1.54) is 6.42 Å². The standard InChI is InChI=1S/C15H16N2OS/c18-15(11-3-1-4-11)17-9-12-5-2-7-16-14(12)13-6-8-19-10-13/h2,5-8,10-11H,1,3-4,9H2,(H,17,18). The molecule has 1 aliphatic carbocycles. The van der Waals surface area contributed by atoms with Gasteiger partial charge in [0.05, 0.1) is 5.69 Å². The smallest absolute Gasteiger partial charge is 0.223 e. The normalized spacial score (nSPS) is 14.9. The van der Waals surface area contributed by atoms with E-state index in [0.29, 0.717) is 6.54 Å². The van der Waals surface area contributed by atoms with Crippen LogP contribution in [-0.4, -0.2) is 10.9 Å². The van der Waals surface area contributed by atoms with Crippen molar-refractivity contribution < 1.29 is 4.79 Å². The molecule has 0 atom stereocenters. The summed E-state index contributed by atoms with van der Waals surface area (Å²) >= 11 is 1.66. The molecule has 0 saturated heterocycles. The van der Waals surface area contributed by atoms with E-state index < -0.39 is 0 Å². The van der Waals surface area contributed by atoms with Crippen LogP contribution in [0.15, 0.2) is 35.2 Å². The summed E-state index contributed by atoms with van der Waals surface area (Å²) in [5, 5.41) is 7.15. The van der Waals surface area contributed by atoms with E-state index in [-0.39, 0.29) is 11.8 Å². The van der Waals surface area contributed by atoms with Crippen molar-refractivity contribution in [2.45, 2.75) is 25.8 Å². The van der Waals surface area contributed by atoms with E-state index in [1.54, 1.807) is 17.5 Å². The molecule has 1 saturated carbocycles. The first kappa shape index (κ1) is 12.4. The molecule has 0 radical (unpaired) electrons. The van der Waals surface area contributed by atoms with Crippen LogP contribution >= 0.6 is 11.3 Å². The molecule has 0 spiro atoms. The number of hydrogen-bond donors (Lipinski definition) is 1. The van der Waals surface area contributed by atoms with Crippen LogP contribution in [0.4, 0.5) is 0 Å². The fraction of sp³-hybridized carbons (Fsp3) is 0.333. The number of rotatable bonds is 4. The Hall–Kier alpha value is -1.68. The average Bonchev–Trinajstić information content (AvgIpc) is 2.88. The molecule has 3 rings (SSSR count). The van der Waals surface area contributed by atoms with Crippen LogP contribution in [0.25, 0.3) is 11.3 Å². The Morgan fingerprint density at radius 2 is 2.32 bits per heavy atom. The lowest BCUT2D eigenvalue weighted by atomic mass is 9.85. The second kappa shape index (κ2) is 5.53. The van der Waals surface area contributed by atoms with Gasteiger partial charge in [0, 0.05) is 29.6 Å². The maximum Gasteiger partial charge on any atom is 0.223 e. The lowest BCUT2D eigenvalue weighted by molar-refractivity contribution is -0.127. The van der Waals surface area contributed by atoms with E-state index in [1.807, 2.05) is 17.5 Å². The number of thiophene rings is 1. The average molecular weight is 272 g/mol. The maximum atomic E-state index is 11.9. The zero-order valence-corrected chi connectivity index (χ0v) is 11.5. The highest BCUT2D eigenvalue weighted by molar-refractivity contribution is 7.08. The molecule has 0 aromatic carbocycles. The Morgan fingerprint density at radius 1 is 1.42 bits per heavy atom. The summed E-state index contributed by atoms with van der Waals surface area (Å²) in [6.07, 6.45) is 5.06. The minimum absolute atomic E-state index is 0.186. The summed E-state index contributed by atoms with van der Waals surface area (Å²) in [5.41, 5.74) is 3.17. The zero-order valence-electron chi connectivity index (χ0n) is 10.6. The van der Waals surface area contributed by atoms with Gasteiger partial charge in [-0.2, -0.15) is 11.3 Å². The van der Waals surface area contributed by atoms with Crippen LogP contribution in [0.3, 0.4) is 0 Å². The molecule has 1 fully saturated rings. The summed E-state index contributed by atoms with van der Waals surface area (Å²) < 4.78 is 0. The number of carbonyl (C=O) groups excluding carboxylic acids is 1. The van der Waals surface area contributed by atoms with Gasteiger partial charge >= 0.3 is 0 Å². The van der Waals surface area contributed by atoms with Gasteiger partial charge in [-0.3, -0.25) is 9.78 Å². The van der Waals surface area contributed by atoms with Crippen LogP contribution in [-0.2, 0) is 11.3 Å². The molecule has 1 aliphatic rings. The van der Waals surface area contributed by atoms with Gasteiger partial charge in [0.1, 0.15) is 0 Å². The highest BCUT2D eigenvalue weighted by Crippen LogP contribution is 2.27. The Morgan fingerprint density at radius 3 is 3.00 bits per heavy atom. The number of nitrogens with zero attached hydrogens (tertiary/aromatic N) is 1. The molecule has 1 amide bonds. The van der Waals surface area contributed by atoms with Crippen LogP contribution in [0.5, 0.6) is 0 Å². The zero-order chi connectivity index (χ0) is 13.1. The summed E-state index contributed by atoms with van der Waals surface area (Å²) in [5.74, 6) is 0.424. The molecule has 98 valence electrons.